The second-order valence-corrected chi connectivity index (χ2v) is 6.27. The van der Waals surface area contributed by atoms with E-state index in [1.165, 1.54) is 21.6 Å². The lowest BCUT2D eigenvalue weighted by Crippen LogP contribution is -2.22. The second kappa shape index (κ2) is 9.15. The van der Waals surface area contributed by atoms with Crippen LogP contribution in [0.25, 0.3) is 10.4 Å². The molecular formula is C12H12N4O2S2. The maximum absolute atomic E-state index is 10.7. The van der Waals surface area contributed by atoms with Crippen LogP contribution in [0.5, 0.6) is 0 Å². The van der Waals surface area contributed by atoms with Crippen molar-refractivity contribution in [3.05, 3.63) is 46.3 Å². The number of rotatable bonds is 8. The van der Waals surface area contributed by atoms with Crippen molar-refractivity contribution in [2.75, 3.05) is 0 Å². The average molecular weight is 308 g/mol. The summed E-state index contributed by atoms with van der Waals surface area (Å²) in [5.74, 6) is -0.393. The van der Waals surface area contributed by atoms with Crippen LogP contribution >= 0.6 is 21.6 Å². The Labute approximate surface area is 124 Å². The maximum atomic E-state index is 10.7. The fourth-order valence-corrected chi connectivity index (χ4v) is 3.81. The molecule has 104 valence electrons. The highest BCUT2D eigenvalue weighted by molar-refractivity contribution is 8.76. The Hall–Kier alpha value is -1.81. The number of aliphatic carboxylic acids is 1. The van der Waals surface area contributed by atoms with Gasteiger partial charge >= 0.3 is 5.97 Å². The van der Waals surface area contributed by atoms with Crippen molar-refractivity contribution in [2.24, 2.45) is 5.11 Å². The van der Waals surface area contributed by atoms with E-state index in [9.17, 15) is 4.79 Å². The predicted octanol–water partition coefficient (Wildman–Crippen LogP) is 3.61. The van der Waals surface area contributed by atoms with Gasteiger partial charge in [-0.3, -0.25) is 4.79 Å². The van der Waals surface area contributed by atoms with Crippen molar-refractivity contribution in [1.82, 2.24) is 0 Å². The fourth-order valence-electron chi connectivity index (χ4n) is 1.37. The van der Waals surface area contributed by atoms with Crippen molar-refractivity contribution in [3.8, 4) is 6.07 Å². The number of nitriles is 1. The van der Waals surface area contributed by atoms with Gasteiger partial charge < -0.3 is 5.11 Å². The lowest BCUT2D eigenvalue weighted by molar-refractivity contribution is -0.137. The molecule has 0 radical (unpaired) electrons. The quantitative estimate of drug-likeness (QED) is 0.341. The zero-order valence-electron chi connectivity index (χ0n) is 10.4. The molecule has 2 atom stereocenters. The van der Waals surface area contributed by atoms with Gasteiger partial charge in [0.2, 0.25) is 0 Å². The van der Waals surface area contributed by atoms with E-state index in [-0.39, 0.29) is 6.42 Å². The zero-order chi connectivity index (χ0) is 14.8. The van der Waals surface area contributed by atoms with Gasteiger partial charge in [0.1, 0.15) is 5.25 Å². The highest BCUT2D eigenvalue weighted by Gasteiger charge is 2.23. The average Bonchev–Trinajstić information content (AvgIpc) is 2.44. The number of hydrogen-bond donors (Lipinski definition) is 1. The number of carboxylic acid groups (broad SMARTS) is 1. The van der Waals surface area contributed by atoms with Crippen molar-refractivity contribution in [1.29, 1.82) is 5.26 Å². The molecule has 0 saturated heterocycles. The van der Waals surface area contributed by atoms with E-state index in [4.69, 9.17) is 15.9 Å². The Morgan fingerprint density at radius 3 is 2.75 bits per heavy atom. The summed E-state index contributed by atoms with van der Waals surface area (Å²) in [6.45, 7) is 0. The summed E-state index contributed by atoms with van der Waals surface area (Å²) in [6.07, 6.45) is -0.346. The van der Waals surface area contributed by atoms with Gasteiger partial charge in [0, 0.05) is 10.7 Å². The molecule has 0 fully saturated rings. The molecule has 20 heavy (non-hydrogen) atoms. The van der Waals surface area contributed by atoms with Gasteiger partial charge in [0.15, 0.2) is 0 Å². The van der Waals surface area contributed by atoms with Crippen LogP contribution in [0.3, 0.4) is 0 Å². The van der Waals surface area contributed by atoms with Crippen molar-refractivity contribution in [2.45, 2.75) is 23.5 Å². The van der Waals surface area contributed by atoms with Crippen LogP contribution in [0.2, 0.25) is 0 Å². The third-order valence-electron chi connectivity index (χ3n) is 2.30. The topological polar surface area (TPSA) is 110 Å². The van der Waals surface area contributed by atoms with Crippen LogP contribution in [-0.4, -0.2) is 22.4 Å². The molecule has 0 aromatic heterocycles. The first-order chi connectivity index (χ1) is 9.67. The molecule has 0 bridgehead atoms. The predicted molar refractivity (Wildman–Crippen MR) is 79.9 cm³/mol. The standard InChI is InChI=1S/C12H12N4O2S2/c13-7-11(10(15-16-14)6-12(17)18)20-19-8-9-4-2-1-3-5-9/h1-5,10-11H,6,8H2,(H,17,18). The SMILES string of the molecule is N#CC(SSCc1ccccc1)C(CC(=O)O)N=[N+]=[N-]. The van der Waals surface area contributed by atoms with Gasteiger partial charge in [-0.2, -0.15) is 5.26 Å². The molecule has 0 spiro atoms. The minimum Gasteiger partial charge on any atom is -0.481 e. The molecule has 1 aromatic rings. The number of benzene rings is 1. The van der Waals surface area contributed by atoms with Crippen molar-refractivity contribution < 1.29 is 9.90 Å². The Balaban J connectivity index is 2.54. The van der Waals surface area contributed by atoms with E-state index in [2.05, 4.69) is 10.0 Å². The van der Waals surface area contributed by atoms with E-state index in [0.29, 0.717) is 5.75 Å². The summed E-state index contributed by atoms with van der Waals surface area (Å²) in [5, 5.41) is 20.5. The summed E-state index contributed by atoms with van der Waals surface area (Å²) >= 11 is 0. The Morgan fingerprint density at radius 1 is 1.50 bits per heavy atom. The molecule has 6 nitrogen and oxygen atoms in total. The van der Waals surface area contributed by atoms with E-state index < -0.39 is 17.3 Å². The third-order valence-corrected chi connectivity index (χ3v) is 4.90. The van der Waals surface area contributed by atoms with Crippen LogP contribution in [0.15, 0.2) is 35.4 Å². The van der Waals surface area contributed by atoms with Crippen LogP contribution < -0.4 is 0 Å². The first-order valence-electron chi connectivity index (χ1n) is 5.65. The maximum Gasteiger partial charge on any atom is 0.303 e. The first kappa shape index (κ1) is 16.2. The molecule has 0 saturated carbocycles. The number of nitrogens with zero attached hydrogens (tertiary/aromatic N) is 4. The Kier molecular flexibility index (Phi) is 7.43. The third kappa shape index (κ3) is 5.89. The van der Waals surface area contributed by atoms with Crippen LogP contribution in [0, 0.1) is 11.3 Å². The summed E-state index contributed by atoms with van der Waals surface area (Å²) in [6, 6.07) is 10.8. The van der Waals surface area contributed by atoms with Gasteiger partial charge in [-0.05, 0) is 11.1 Å². The number of carboxylic acids is 1. The highest BCUT2D eigenvalue weighted by Crippen LogP contribution is 2.33. The molecule has 8 heteroatoms. The lowest BCUT2D eigenvalue weighted by Gasteiger charge is -2.14. The summed E-state index contributed by atoms with van der Waals surface area (Å²) < 4.78 is 0. The van der Waals surface area contributed by atoms with Crippen LogP contribution in [-0.2, 0) is 10.5 Å². The second-order valence-electron chi connectivity index (χ2n) is 3.76. The molecule has 1 N–H and O–H groups in total. The molecule has 0 aliphatic heterocycles. The van der Waals surface area contributed by atoms with Gasteiger partial charge in [0.05, 0.1) is 18.5 Å². The summed E-state index contributed by atoms with van der Waals surface area (Å²) in [5.41, 5.74) is 9.55. The fraction of sp³-hybridized carbons (Fsp3) is 0.333. The zero-order valence-corrected chi connectivity index (χ0v) is 12.0. The molecule has 0 aliphatic rings. The monoisotopic (exact) mass is 308 g/mol. The van der Waals surface area contributed by atoms with Crippen LogP contribution in [0.1, 0.15) is 12.0 Å². The minimum atomic E-state index is -1.09. The van der Waals surface area contributed by atoms with Gasteiger partial charge in [-0.25, -0.2) is 0 Å². The molecule has 0 aliphatic carbocycles. The summed E-state index contributed by atoms with van der Waals surface area (Å²) in [4.78, 5) is 13.3. The van der Waals surface area contributed by atoms with E-state index >= 15 is 0 Å². The minimum absolute atomic E-state index is 0.346. The van der Waals surface area contributed by atoms with Gasteiger partial charge in [-0.15, -0.1) is 0 Å². The molecule has 0 amide bonds. The molecule has 0 heterocycles. The number of carbonyl (C=O) groups is 1. The van der Waals surface area contributed by atoms with Crippen molar-refractivity contribution in [3.63, 3.8) is 0 Å². The van der Waals surface area contributed by atoms with E-state index in [1.807, 2.05) is 36.4 Å². The Morgan fingerprint density at radius 2 is 2.20 bits per heavy atom. The molecule has 1 aromatic carbocycles. The van der Waals surface area contributed by atoms with E-state index in [1.54, 1.807) is 0 Å². The molecule has 2 unspecified atom stereocenters. The number of hydrogen-bond acceptors (Lipinski definition) is 5. The molecular weight excluding hydrogens is 296 g/mol. The largest absolute Gasteiger partial charge is 0.481 e. The Bertz CT molecular complexity index is 526. The van der Waals surface area contributed by atoms with Crippen molar-refractivity contribution >= 4 is 27.6 Å². The van der Waals surface area contributed by atoms with Gasteiger partial charge in [-0.1, -0.05) is 57.0 Å². The number of azide groups is 1. The highest BCUT2D eigenvalue weighted by atomic mass is 33.1. The molecule has 1 rings (SSSR count). The smallest absolute Gasteiger partial charge is 0.303 e. The normalized spacial score (nSPS) is 12.8. The lowest BCUT2D eigenvalue weighted by atomic mass is 10.1. The van der Waals surface area contributed by atoms with Gasteiger partial charge in [0.25, 0.3) is 0 Å². The van der Waals surface area contributed by atoms with Crippen LogP contribution in [0.4, 0.5) is 0 Å². The summed E-state index contributed by atoms with van der Waals surface area (Å²) in [7, 11) is 2.67. The first-order valence-corrected chi connectivity index (χ1v) is 8.03. The van der Waals surface area contributed by atoms with E-state index in [0.717, 1.165) is 5.56 Å².